The number of hydrogen-bond acceptors (Lipinski definition) is 4. The van der Waals surface area contributed by atoms with Gasteiger partial charge in [-0.05, 0) is 29.7 Å². The van der Waals surface area contributed by atoms with Gasteiger partial charge in [0, 0.05) is 19.3 Å². The zero-order valence-electron chi connectivity index (χ0n) is 11.6. The van der Waals surface area contributed by atoms with Crippen LogP contribution in [0.15, 0.2) is 48.7 Å². The first-order valence-corrected chi connectivity index (χ1v) is 6.77. The Bertz CT molecular complexity index is 534. The number of hydrogen-bond donors (Lipinski definition) is 2. The van der Waals surface area contributed by atoms with Crippen LogP contribution >= 0.6 is 0 Å². The van der Waals surface area contributed by atoms with Gasteiger partial charge in [-0.25, -0.2) is 0 Å². The van der Waals surface area contributed by atoms with E-state index in [9.17, 15) is 10.0 Å². The summed E-state index contributed by atoms with van der Waals surface area (Å²) in [4.78, 5) is 6.54. The van der Waals surface area contributed by atoms with Crippen molar-refractivity contribution in [3.8, 4) is 0 Å². The lowest BCUT2D eigenvalue weighted by atomic mass is 9.77. The maximum atomic E-state index is 9.40. The third-order valence-corrected chi connectivity index (χ3v) is 3.29. The van der Waals surface area contributed by atoms with Crippen molar-refractivity contribution in [1.29, 1.82) is 0 Å². The maximum Gasteiger partial charge on any atom is 0.488 e. The molecule has 104 valence electrons. The molecule has 2 N–H and O–H groups in total. The molecule has 0 fully saturated rings. The first-order valence-electron chi connectivity index (χ1n) is 6.77. The van der Waals surface area contributed by atoms with E-state index in [-0.39, 0.29) is 0 Å². The monoisotopic (exact) mass is 270 g/mol. The normalized spacial score (nSPS) is 10.8. The Labute approximate surface area is 119 Å². The predicted molar refractivity (Wildman–Crippen MR) is 80.3 cm³/mol. The Morgan fingerprint density at radius 1 is 1.05 bits per heavy atom. The van der Waals surface area contributed by atoms with E-state index in [4.69, 9.17) is 0 Å². The molecule has 0 spiro atoms. The van der Waals surface area contributed by atoms with E-state index in [1.165, 1.54) is 0 Å². The van der Waals surface area contributed by atoms with Crippen molar-refractivity contribution in [2.45, 2.75) is 20.0 Å². The lowest BCUT2D eigenvalue weighted by molar-refractivity contribution is 0.268. The van der Waals surface area contributed by atoms with Gasteiger partial charge in [-0.1, -0.05) is 37.3 Å². The molecule has 0 unspecified atom stereocenters. The smallest absolute Gasteiger partial charge is 0.423 e. The molecule has 5 heteroatoms. The molecule has 0 saturated carbocycles. The van der Waals surface area contributed by atoms with Gasteiger partial charge in [0.1, 0.15) is 0 Å². The van der Waals surface area contributed by atoms with Crippen molar-refractivity contribution in [2.75, 3.05) is 6.54 Å². The Hall–Kier alpha value is -1.69. The average molecular weight is 270 g/mol. The molecule has 1 aromatic heterocycles. The fourth-order valence-electron chi connectivity index (χ4n) is 2.17. The molecule has 0 aliphatic rings. The number of nitrogens with zero attached hydrogens (tertiary/aromatic N) is 2. The summed E-state index contributed by atoms with van der Waals surface area (Å²) >= 11 is 0. The van der Waals surface area contributed by atoms with E-state index in [1.54, 1.807) is 12.3 Å². The molecule has 1 aromatic carbocycles. The van der Waals surface area contributed by atoms with Crippen molar-refractivity contribution in [3.63, 3.8) is 0 Å². The zero-order valence-corrected chi connectivity index (χ0v) is 11.6. The lowest BCUT2D eigenvalue weighted by Crippen LogP contribution is -2.35. The molecule has 0 saturated heterocycles. The van der Waals surface area contributed by atoms with Crippen LogP contribution < -0.4 is 5.46 Å². The molecule has 0 aliphatic heterocycles. The molecular formula is C15H19BN2O2. The van der Waals surface area contributed by atoms with Crippen molar-refractivity contribution in [3.05, 3.63) is 59.9 Å². The predicted octanol–water partition coefficient (Wildman–Crippen LogP) is 0.783. The van der Waals surface area contributed by atoms with Crippen LogP contribution in [0.4, 0.5) is 0 Å². The average Bonchev–Trinajstić information content (AvgIpc) is 2.48. The van der Waals surface area contributed by atoms with Crippen LogP contribution in [0.1, 0.15) is 18.2 Å². The van der Waals surface area contributed by atoms with Gasteiger partial charge >= 0.3 is 7.12 Å². The van der Waals surface area contributed by atoms with E-state index in [0.29, 0.717) is 12.0 Å². The lowest BCUT2D eigenvalue weighted by Gasteiger charge is -2.21. The molecule has 4 nitrogen and oxygen atoms in total. The summed E-state index contributed by atoms with van der Waals surface area (Å²) in [5, 5.41) is 18.8. The number of pyridine rings is 1. The largest absolute Gasteiger partial charge is 0.488 e. The summed E-state index contributed by atoms with van der Waals surface area (Å²) in [6.45, 7) is 4.36. The van der Waals surface area contributed by atoms with Gasteiger partial charge in [0.2, 0.25) is 0 Å². The third-order valence-electron chi connectivity index (χ3n) is 3.29. The summed E-state index contributed by atoms with van der Waals surface area (Å²) in [5.74, 6) is 0. The molecular weight excluding hydrogens is 251 g/mol. The van der Waals surface area contributed by atoms with Gasteiger partial charge in [0.15, 0.2) is 0 Å². The van der Waals surface area contributed by atoms with Crippen LogP contribution in [-0.4, -0.2) is 33.6 Å². The Morgan fingerprint density at radius 2 is 1.80 bits per heavy atom. The van der Waals surface area contributed by atoms with Crippen molar-refractivity contribution in [1.82, 2.24) is 9.88 Å². The second-order valence-corrected chi connectivity index (χ2v) is 4.70. The highest BCUT2D eigenvalue weighted by atomic mass is 16.4. The Morgan fingerprint density at radius 3 is 2.45 bits per heavy atom. The van der Waals surface area contributed by atoms with Gasteiger partial charge in [-0.3, -0.25) is 9.88 Å². The summed E-state index contributed by atoms with van der Waals surface area (Å²) < 4.78 is 0. The third kappa shape index (κ3) is 3.90. The first kappa shape index (κ1) is 14.7. The van der Waals surface area contributed by atoms with Crippen molar-refractivity contribution in [2.24, 2.45) is 0 Å². The molecule has 0 aliphatic carbocycles. The highest BCUT2D eigenvalue weighted by Gasteiger charge is 2.16. The molecule has 20 heavy (non-hydrogen) atoms. The summed E-state index contributed by atoms with van der Waals surface area (Å²) in [7, 11) is -1.43. The van der Waals surface area contributed by atoms with Gasteiger partial charge in [0.05, 0.1) is 5.69 Å². The second-order valence-electron chi connectivity index (χ2n) is 4.70. The van der Waals surface area contributed by atoms with E-state index < -0.39 is 7.12 Å². The van der Waals surface area contributed by atoms with Gasteiger partial charge in [-0.15, -0.1) is 0 Å². The van der Waals surface area contributed by atoms with Gasteiger partial charge in [0.25, 0.3) is 0 Å². The van der Waals surface area contributed by atoms with E-state index >= 15 is 0 Å². The molecule has 2 aromatic rings. The van der Waals surface area contributed by atoms with E-state index in [2.05, 4.69) is 16.8 Å². The summed E-state index contributed by atoms with van der Waals surface area (Å²) in [5.41, 5.74) is 2.50. The molecule has 0 amide bonds. The summed E-state index contributed by atoms with van der Waals surface area (Å²) in [6, 6.07) is 13.3. The van der Waals surface area contributed by atoms with Crippen LogP contribution in [0.2, 0.25) is 0 Å². The number of aromatic nitrogens is 1. The van der Waals surface area contributed by atoms with E-state index in [1.807, 2.05) is 36.4 Å². The zero-order chi connectivity index (χ0) is 14.4. The van der Waals surface area contributed by atoms with Crippen LogP contribution in [0.25, 0.3) is 0 Å². The summed E-state index contributed by atoms with van der Waals surface area (Å²) in [6.07, 6.45) is 1.79. The Kier molecular flexibility index (Phi) is 5.29. The molecule has 2 rings (SSSR count). The van der Waals surface area contributed by atoms with Crippen molar-refractivity contribution >= 4 is 12.6 Å². The molecule has 1 heterocycles. The van der Waals surface area contributed by atoms with Crippen LogP contribution in [0.5, 0.6) is 0 Å². The van der Waals surface area contributed by atoms with E-state index in [0.717, 1.165) is 24.3 Å². The first-order chi connectivity index (χ1) is 9.70. The minimum Gasteiger partial charge on any atom is -0.423 e. The number of benzene rings is 1. The van der Waals surface area contributed by atoms with Crippen LogP contribution in [0.3, 0.4) is 0 Å². The standard InChI is InChI=1S/C15H19BN2O2/c1-2-18(12-14-8-5-6-10-17-14)11-13-7-3-4-9-15(13)16(19)20/h3-10,19-20H,2,11-12H2,1H3. The fourth-order valence-corrected chi connectivity index (χ4v) is 2.17. The SMILES string of the molecule is CCN(Cc1ccccn1)Cc1ccccc1B(O)O. The van der Waals surface area contributed by atoms with Crippen LogP contribution in [0, 0.1) is 0 Å². The maximum absolute atomic E-state index is 9.40. The number of rotatable bonds is 6. The minimum absolute atomic E-state index is 0.562. The Balaban J connectivity index is 2.11. The highest BCUT2D eigenvalue weighted by molar-refractivity contribution is 6.59. The topological polar surface area (TPSA) is 56.6 Å². The molecule has 0 atom stereocenters. The van der Waals surface area contributed by atoms with Gasteiger partial charge < -0.3 is 10.0 Å². The van der Waals surface area contributed by atoms with Crippen LogP contribution in [-0.2, 0) is 13.1 Å². The fraction of sp³-hybridized carbons (Fsp3) is 0.267. The second kappa shape index (κ2) is 7.19. The quantitative estimate of drug-likeness (QED) is 0.762. The van der Waals surface area contributed by atoms with Crippen molar-refractivity contribution < 1.29 is 10.0 Å². The highest BCUT2D eigenvalue weighted by Crippen LogP contribution is 2.07. The van der Waals surface area contributed by atoms with Gasteiger partial charge in [-0.2, -0.15) is 0 Å². The molecule has 0 bridgehead atoms. The minimum atomic E-state index is -1.43. The molecule has 0 radical (unpaired) electrons.